The van der Waals surface area contributed by atoms with Crippen LogP contribution >= 0.6 is 22.7 Å². The molecule has 4 heterocycles. The first-order chi connectivity index (χ1) is 22.8. The second-order valence-electron chi connectivity index (χ2n) is 11.4. The molecule has 0 amide bonds. The predicted molar refractivity (Wildman–Crippen MR) is 202 cm³/mol. The zero-order valence-corrected chi connectivity index (χ0v) is 27.1. The molecule has 0 spiro atoms. The van der Waals surface area contributed by atoms with E-state index < -0.39 is 0 Å². The number of fused-ring (bicyclic) bond motifs is 12. The first-order valence-electron chi connectivity index (χ1n) is 15.8. The second-order valence-corrected chi connectivity index (χ2v) is 13.5. The van der Waals surface area contributed by atoms with E-state index in [1.54, 1.807) is 0 Å². The Morgan fingerprint density at radius 3 is 1.74 bits per heavy atom. The molecule has 0 radical (unpaired) electrons. The third-order valence-electron chi connectivity index (χ3n) is 8.95. The van der Waals surface area contributed by atoms with Crippen LogP contribution in [-0.2, 0) is 0 Å². The maximum absolute atomic E-state index is 4.58. The van der Waals surface area contributed by atoms with Crippen molar-refractivity contribution in [3.05, 3.63) is 139 Å². The maximum atomic E-state index is 4.58. The SMILES string of the molecule is CC.c1ccc(C2=NN=C(c3ccc(-n4c5ccccc5c5c6c7ccccc7sc6c6c7ccccc7sc6c54)cc3)C2)cc1. The van der Waals surface area contributed by atoms with Crippen molar-refractivity contribution in [1.82, 2.24) is 4.57 Å². The van der Waals surface area contributed by atoms with Gasteiger partial charge in [-0.25, -0.2) is 0 Å². The van der Waals surface area contributed by atoms with E-state index in [1.807, 2.05) is 42.6 Å². The van der Waals surface area contributed by atoms with Gasteiger partial charge in [-0.15, -0.1) is 22.7 Å². The van der Waals surface area contributed by atoms with Gasteiger partial charge in [0.2, 0.25) is 0 Å². The van der Waals surface area contributed by atoms with Crippen LogP contribution < -0.4 is 0 Å². The van der Waals surface area contributed by atoms with Crippen molar-refractivity contribution in [2.24, 2.45) is 10.2 Å². The van der Waals surface area contributed by atoms with E-state index in [-0.39, 0.29) is 0 Å². The third-order valence-corrected chi connectivity index (χ3v) is 11.3. The smallest absolute Gasteiger partial charge is 0.0763 e. The van der Waals surface area contributed by atoms with Gasteiger partial charge in [0.15, 0.2) is 0 Å². The summed E-state index contributed by atoms with van der Waals surface area (Å²) in [7, 11) is 0. The fourth-order valence-corrected chi connectivity index (χ4v) is 9.58. The molecular formula is C41H29N3S2. The van der Waals surface area contributed by atoms with E-state index in [0.29, 0.717) is 0 Å². The molecule has 10 rings (SSSR count). The monoisotopic (exact) mass is 627 g/mol. The van der Waals surface area contributed by atoms with Crippen molar-refractivity contribution in [1.29, 1.82) is 0 Å². The van der Waals surface area contributed by atoms with Gasteiger partial charge in [0.1, 0.15) is 0 Å². The highest BCUT2D eigenvalue weighted by Gasteiger charge is 2.24. The van der Waals surface area contributed by atoms with E-state index in [2.05, 4.69) is 136 Å². The van der Waals surface area contributed by atoms with Crippen molar-refractivity contribution in [3.63, 3.8) is 0 Å². The minimum Gasteiger partial charge on any atom is -0.308 e. The van der Waals surface area contributed by atoms with Gasteiger partial charge < -0.3 is 4.57 Å². The van der Waals surface area contributed by atoms with Crippen molar-refractivity contribution >= 4 is 96.2 Å². The maximum Gasteiger partial charge on any atom is 0.0763 e. The summed E-state index contributed by atoms with van der Waals surface area (Å²) in [5.74, 6) is 0. The summed E-state index contributed by atoms with van der Waals surface area (Å²) >= 11 is 3.84. The zero-order valence-electron chi connectivity index (χ0n) is 25.5. The van der Waals surface area contributed by atoms with Crippen LogP contribution in [0.25, 0.3) is 67.8 Å². The molecule has 220 valence electrons. The lowest BCUT2D eigenvalue weighted by atomic mass is 10.0. The molecule has 9 aromatic rings. The Morgan fingerprint density at radius 2 is 1.04 bits per heavy atom. The number of rotatable bonds is 3. The van der Waals surface area contributed by atoms with Gasteiger partial charge in [-0.1, -0.05) is 111 Å². The van der Waals surface area contributed by atoms with Crippen molar-refractivity contribution in [2.45, 2.75) is 20.3 Å². The van der Waals surface area contributed by atoms with Crippen LogP contribution in [0, 0.1) is 0 Å². The van der Waals surface area contributed by atoms with Crippen molar-refractivity contribution in [2.75, 3.05) is 0 Å². The second kappa shape index (κ2) is 10.8. The van der Waals surface area contributed by atoms with E-state index in [1.165, 1.54) is 62.2 Å². The molecule has 3 aromatic heterocycles. The number of benzene rings is 6. The number of hydrogen-bond acceptors (Lipinski definition) is 4. The molecule has 0 fully saturated rings. The summed E-state index contributed by atoms with van der Waals surface area (Å²) in [5.41, 5.74) is 7.95. The molecule has 0 saturated carbocycles. The largest absolute Gasteiger partial charge is 0.308 e. The van der Waals surface area contributed by atoms with Gasteiger partial charge in [-0.05, 0) is 41.5 Å². The van der Waals surface area contributed by atoms with Crippen LogP contribution in [0.1, 0.15) is 31.4 Å². The molecule has 0 N–H and O–H groups in total. The molecule has 6 aromatic carbocycles. The van der Waals surface area contributed by atoms with Crippen molar-refractivity contribution < 1.29 is 0 Å². The van der Waals surface area contributed by atoms with Gasteiger partial charge in [-0.2, -0.15) is 10.2 Å². The molecule has 5 heteroatoms. The lowest BCUT2D eigenvalue weighted by Gasteiger charge is -2.10. The van der Waals surface area contributed by atoms with Gasteiger partial charge in [0.25, 0.3) is 0 Å². The van der Waals surface area contributed by atoms with Crippen LogP contribution in [0.4, 0.5) is 0 Å². The number of para-hydroxylation sites is 1. The van der Waals surface area contributed by atoms with Crippen molar-refractivity contribution in [3.8, 4) is 5.69 Å². The minimum atomic E-state index is 0.740. The normalized spacial score (nSPS) is 13.2. The molecule has 0 saturated heterocycles. The molecule has 1 aliphatic heterocycles. The topological polar surface area (TPSA) is 29.6 Å². The molecule has 3 nitrogen and oxygen atoms in total. The molecule has 0 unspecified atom stereocenters. The standard InChI is InChI=1S/C39H23N3S2.C2H6/c1-2-10-23(11-3-1)29-22-30(41-40-29)24-18-20-25(21-19-24)42-31-15-7-4-12-26(31)34-35-27-13-5-8-16-32(27)43-38(35)36-28-14-6-9-17-33(28)44-39(36)37(34)42;1-2/h1-21H,22H2;1-2H3. The molecule has 0 atom stereocenters. The minimum absolute atomic E-state index is 0.740. The molecule has 0 bridgehead atoms. The Kier molecular flexibility index (Phi) is 6.37. The summed E-state index contributed by atoms with van der Waals surface area (Å²) in [6.45, 7) is 4.00. The lowest BCUT2D eigenvalue weighted by Crippen LogP contribution is -2.05. The van der Waals surface area contributed by atoms with Gasteiger partial charge in [0.05, 0.1) is 27.2 Å². The first kappa shape index (κ1) is 27.2. The Morgan fingerprint density at radius 1 is 0.500 bits per heavy atom. The molecule has 0 aliphatic carbocycles. The Labute approximate surface area is 274 Å². The van der Waals surface area contributed by atoms with Gasteiger partial charge in [0, 0.05) is 58.5 Å². The van der Waals surface area contributed by atoms with Crippen LogP contribution in [0.5, 0.6) is 0 Å². The highest BCUT2D eigenvalue weighted by molar-refractivity contribution is 7.30. The third kappa shape index (κ3) is 3.95. The number of aromatic nitrogens is 1. The Balaban J connectivity index is 0.00000143. The summed E-state index contributed by atoms with van der Waals surface area (Å²) < 4.78 is 7.89. The highest BCUT2D eigenvalue weighted by atomic mass is 32.1. The average molecular weight is 628 g/mol. The summed E-state index contributed by atoms with van der Waals surface area (Å²) in [6, 6.07) is 45.9. The van der Waals surface area contributed by atoms with Crippen LogP contribution in [-0.4, -0.2) is 16.0 Å². The van der Waals surface area contributed by atoms with Gasteiger partial charge >= 0.3 is 0 Å². The predicted octanol–water partition coefficient (Wildman–Crippen LogP) is 12.1. The number of hydrogen-bond donors (Lipinski definition) is 0. The number of thiophene rings is 2. The average Bonchev–Trinajstić information content (AvgIpc) is 3.91. The Bertz CT molecular complexity index is 2670. The number of nitrogens with zero attached hydrogens (tertiary/aromatic N) is 3. The Hall–Kier alpha value is -5.10. The van der Waals surface area contributed by atoms with Crippen LogP contribution in [0.2, 0.25) is 0 Å². The van der Waals surface area contributed by atoms with E-state index in [9.17, 15) is 0 Å². The fourth-order valence-electron chi connectivity index (χ4n) is 6.99. The zero-order chi connectivity index (χ0) is 30.8. The van der Waals surface area contributed by atoms with E-state index in [0.717, 1.165) is 34.7 Å². The fraction of sp³-hybridized carbons (Fsp3) is 0.0732. The quantitative estimate of drug-likeness (QED) is 0.187. The van der Waals surface area contributed by atoms with Crippen LogP contribution in [0.15, 0.2) is 138 Å². The van der Waals surface area contributed by atoms with Crippen LogP contribution in [0.3, 0.4) is 0 Å². The van der Waals surface area contributed by atoms with Gasteiger partial charge in [-0.3, -0.25) is 0 Å². The first-order valence-corrected chi connectivity index (χ1v) is 17.4. The molecule has 46 heavy (non-hydrogen) atoms. The molecular weight excluding hydrogens is 599 g/mol. The lowest BCUT2D eigenvalue weighted by molar-refractivity contribution is 1.19. The highest BCUT2D eigenvalue weighted by Crippen LogP contribution is 2.51. The summed E-state index contributed by atoms with van der Waals surface area (Å²) in [5, 5.41) is 17.2. The summed E-state index contributed by atoms with van der Waals surface area (Å²) in [6.07, 6.45) is 0.740. The van der Waals surface area contributed by atoms with E-state index >= 15 is 0 Å². The van der Waals surface area contributed by atoms with E-state index in [4.69, 9.17) is 0 Å². The molecule has 1 aliphatic rings. The summed E-state index contributed by atoms with van der Waals surface area (Å²) in [4.78, 5) is 0.